The van der Waals surface area contributed by atoms with Crippen LogP contribution >= 0.6 is 27.7 Å². The summed E-state index contributed by atoms with van der Waals surface area (Å²) in [5.74, 6) is 0. The summed E-state index contributed by atoms with van der Waals surface area (Å²) in [6.07, 6.45) is 2.79. The van der Waals surface area contributed by atoms with Crippen molar-refractivity contribution in [1.82, 2.24) is 9.97 Å². The topological polar surface area (TPSA) is 51.8 Å². The van der Waals surface area contributed by atoms with Gasteiger partial charge in [-0.15, -0.1) is 11.8 Å². The van der Waals surface area contributed by atoms with E-state index in [-0.39, 0.29) is 0 Å². The summed E-state index contributed by atoms with van der Waals surface area (Å²) in [5, 5.41) is 0.973. The van der Waals surface area contributed by atoms with Gasteiger partial charge in [-0.2, -0.15) is 0 Å². The zero-order valence-electron chi connectivity index (χ0n) is 6.75. The van der Waals surface area contributed by atoms with Gasteiger partial charge < -0.3 is 5.73 Å². The van der Waals surface area contributed by atoms with Crippen LogP contribution in [0.4, 0.5) is 0 Å². The quantitative estimate of drug-likeness (QED) is 0.500. The molecule has 3 nitrogen and oxygen atoms in total. The molecule has 0 aliphatic heterocycles. The van der Waals surface area contributed by atoms with Crippen LogP contribution in [0.15, 0.2) is 15.8 Å². The predicted octanol–water partition coefficient (Wildman–Crippen LogP) is 1.46. The minimum Gasteiger partial charge on any atom is -0.330 e. The number of rotatable bonds is 3. The van der Waals surface area contributed by atoms with Crippen LogP contribution in [-0.2, 0) is 6.42 Å². The highest BCUT2D eigenvalue weighted by molar-refractivity contribution is 9.10. The van der Waals surface area contributed by atoms with Crippen molar-refractivity contribution >= 4 is 27.7 Å². The lowest BCUT2D eigenvalue weighted by molar-refractivity contribution is 0.870. The van der Waals surface area contributed by atoms with Crippen molar-refractivity contribution in [3.05, 3.63) is 16.5 Å². The fourth-order valence-corrected chi connectivity index (χ4v) is 1.79. The van der Waals surface area contributed by atoms with Crippen molar-refractivity contribution in [2.24, 2.45) is 5.73 Å². The molecular weight excluding hydrogens is 238 g/mol. The van der Waals surface area contributed by atoms with Crippen molar-refractivity contribution < 1.29 is 0 Å². The Morgan fingerprint density at radius 3 is 2.92 bits per heavy atom. The average Bonchev–Trinajstić information content (AvgIpc) is 2.04. The molecule has 1 aromatic rings. The Labute approximate surface area is 84.3 Å². The molecule has 1 rings (SSSR count). The number of hydrogen-bond acceptors (Lipinski definition) is 4. The molecule has 0 amide bonds. The summed E-state index contributed by atoms with van der Waals surface area (Å²) >= 11 is 4.85. The molecule has 0 fully saturated rings. The second-order valence-electron chi connectivity index (χ2n) is 2.21. The van der Waals surface area contributed by atoms with E-state index in [0.29, 0.717) is 11.3 Å². The maximum atomic E-state index is 5.42. The number of hydrogen-bond donors (Lipinski definition) is 1. The van der Waals surface area contributed by atoms with Crippen molar-refractivity contribution in [3.8, 4) is 0 Å². The highest BCUT2D eigenvalue weighted by Gasteiger charge is 2.00. The van der Waals surface area contributed by atoms with Crippen LogP contribution in [0, 0.1) is 0 Å². The Kier molecular flexibility index (Phi) is 3.97. The fraction of sp³-hybridized carbons (Fsp3) is 0.429. The van der Waals surface area contributed by atoms with Crippen molar-refractivity contribution in [3.63, 3.8) is 0 Å². The lowest BCUT2D eigenvalue weighted by Crippen LogP contribution is -2.05. The van der Waals surface area contributed by atoms with Crippen LogP contribution in [0.25, 0.3) is 0 Å². The van der Waals surface area contributed by atoms with E-state index in [1.165, 1.54) is 0 Å². The minimum atomic E-state index is 0.622. The van der Waals surface area contributed by atoms with Crippen LogP contribution in [-0.4, -0.2) is 22.8 Å². The SMILES string of the molecule is CSc1cc(CCN)nc(Br)n1. The summed E-state index contributed by atoms with van der Waals surface area (Å²) in [4.78, 5) is 8.35. The largest absolute Gasteiger partial charge is 0.330 e. The number of halogens is 1. The first-order valence-electron chi connectivity index (χ1n) is 3.53. The highest BCUT2D eigenvalue weighted by atomic mass is 79.9. The maximum Gasteiger partial charge on any atom is 0.197 e. The third kappa shape index (κ3) is 2.73. The molecule has 0 bridgehead atoms. The van der Waals surface area contributed by atoms with Gasteiger partial charge in [0.05, 0.1) is 0 Å². The van der Waals surface area contributed by atoms with Gasteiger partial charge in [-0.1, -0.05) is 0 Å². The van der Waals surface area contributed by atoms with Crippen molar-refractivity contribution in [1.29, 1.82) is 0 Å². The molecule has 1 heterocycles. The Bertz CT molecular complexity index is 267. The Morgan fingerprint density at radius 2 is 2.33 bits per heavy atom. The maximum absolute atomic E-state index is 5.42. The summed E-state index contributed by atoms with van der Waals surface area (Å²) in [6.45, 7) is 0.622. The van der Waals surface area contributed by atoms with Crippen LogP contribution in [0.2, 0.25) is 0 Å². The zero-order valence-corrected chi connectivity index (χ0v) is 9.15. The van der Waals surface area contributed by atoms with Gasteiger partial charge in [-0.05, 0) is 34.8 Å². The molecular formula is C7H10BrN3S. The molecule has 0 saturated heterocycles. The molecule has 0 aromatic carbocycles. The van der Waals surface area contributed by atoms with E-state index in [9.17, 15) is 0 Å². The summed E-state index contributed by atoms with van der Waals surface area (Å²) in [5.41, 5.74) is 6.41. The first-order valence-corrected chi connectivity index (χ1v) is 5.55. The highest BCUT2D eigenvalue weighted by Crippen LogP contribution is 2.15. The number of thioether (sulfide) groups is 1. The first-order chi connectivity index (χ1) is 5.76. The summed E-state index contributed by atoms with van der Waals surface area (Å²) in [7, 11) is 0. The second-order valence-corrected chi connectivity index (χ2v) is 3.75. The lowest BCUT2D eigenvalue weighted by Gasteiger charge is -2.00. The van der Waals surface area contributed by atoms with E-state index >= 15 is 0 Å². The summed E-state index contributed by atoms with van der Waals surface area (Å²) in [6, 6.07) is 1.96. The third-order valence-corrected chi connectivity index (χ3v) is 2.32. The molecule has 0 aliphatic rings. The van der Waals surface area contributed by atoms with Crippen LogP contribution in [0.5, 0.6) is 0 Å². The lowest BCUT2D eigenvalue weighted by atomic mass is 10.3. The van der Waals surface area contributed by atoms with E-state index in [1.807, 2.05) is 12.3 Å². The van der Waals surface area contributed by atoms with Crippen LogP contribution in [0.1, 0.15) is 5.69 Å². The molecule has 5 heteroatoms. The molecule has 12 heavy (non-hydrogen) atoms. The van der Waals surface area contributed by atoms with Gasteiger partial charge in [-0.25, -0.2) is 9.97 Å². The average molecular weight is 248 g/mol. The smallest absolute Gasteiger partial charge is 0.197 e. The van der Waals surface area contributed by atoms with Gasteiger partial charge in [0.2, 0.25) is 0 Å². The van der Waals surface area contributed by atoms with Gasteiger partial charge >= 0.3 is 0 Å². The zero-order chi connectivity index (χ0) is 8.97. The second kappa shape index (κ2) is 4.79. The van der Waals surface area contributed by atoms with E-state index < -0.39 is 0 Å². The standard InChI is InChI=1S/C7H10BrN3S/c1-12-6-4-5(2-3-9)10-7(8)11-6/h4H,2-3,9H2,1H3. The van der Waals surface area contributed by atoms with Gasteiger partial charge in [0.15, 0.2) is 4.73 Å². The normalized spacial score (nSPS) is 10.2. The van der Waals surface area contributed by atoms with Crippen molar-refractivity contribution in [2.75, 3.05) is 12.8 Å². The van der Waals surface area contributed by atoms with Crippen molar-refractivity contribution in [2.45, 2.75) is 11.4 Å². The molecule has 0 saturated carbocycles. The monoisotopic (exact) mass is 247 g/mol. The first kappa shape index (κ1) is 9.95. The molecule has 0 spiro atoms. The number of nitrogens with zero attached hydrogens (tertiary/aromatic N) is 2. The molecule has 0 aliphatic carbocycles. The fourth-order valence-electron chi connectivity index (χ4n) is 0.822. The van der Waals surface area contributed by atoms with Crippen LogP contribution < -0.4 is 5.73 Å². The molecule has 66 valence electrons. The number of aromatic nitrogens is 2. The van der Waals surface area contributed by atoms with Crippen LogP contribution in [0.3, 0.4) is 0 Å². The Morgan fingerprint density at radius 1 is 1.58 bits per heavy atom. The minimum absolute atomic E-state index is 0.622. The molecule has 0 radical (unpaired) electrons. The van der Waals surface area contributed by atoms with E-state index in [2.05, 4.69) is 25.9 Å². The molecule has 0 atom stereocenters. The van der Waals surface area contributed by atoms with Gasteiger partial charge in [0, 0.05) is 12.1 Å². The number of nitrogens with two attached hydrogens (primary N) is 1. The van der Waals surface area contributed by atoms with E-state index in [1.54, 1.807) is 11.8 Å². The van der Waals surface area contributed by atoms with Gasteiger partial charge in [0.1, 0.15) is 5.03 Å². The molecule has 0 unspecified atom stereocenters. The van der Waals surface area contributed by atoms with Gasteiger partial charge in [-0.3, -0.25) is 0 Å². The predicted molar refractivity (Wildman–Crippen MR) is 54.3 cm³/mol. The van der Waals surface area contributed by atoms with E-state index in [0.717, 1.165) is 17.1 Å². The molecule has 1 aromatic heterocycles. The summed E-state index contributed by atoms with van der Waals surface area (Å²) < 4.78 is 0.637. The van der Waals surface area contributed by atoms with Gasteiger partial charge in [0.25, 0.3) is 0 Å². The van der Waals surface area contributed by atoms with E-state index in [4.69, 9.17) is 5.73 Å². The third-order valence-electron chi connectivity index (χ3n) is 1.34. The Balaban J connectivity index is 2.90. The molecule has 2 N–H and O–H groups in total. The Hall–Kier alpha value is -0.130.